The number of nitrogens with one attached hydrogen (secondary N) is 2. The van der Waals surface area contributed by atoms with Crippen molar-refractivity contribution >= 4 is 29.3 Å². The first-order valence-corrected chi connectivity index (χ1v) is 14.8. The molecule has 252 valence electrons. The summed E-state index contributed by atoms with van der Waals surface area (Å²) in [7, 11) is 0. The summed E-state index contributed by atoms with van der Waals surface area (Å²) in [6.07, 6.45) is -7.71. The third kappa shape index (κ3) is 6.77. The minimum atomic E-state index is -5.04. The molecule has 2 aliphatic rings. The summed E-state index contributed by atoms with van der Waals surface area (Å²) in [5.41, 5.74) is -0.952. The molecule has 0 bridgehead atoms. The Labute approximate surface area is 272 Å². The van der Waals surface area contributed by atoms with Crippen LogP contribution < -0.4 is 16.3 Å². The number of carbonyl (C=O) groups excluding carboxylic acids is 3. The van der Waals surface area contributed by atoms with Crippen LogP contribution in [-0.2, 0) is 17.9 Å². The van der Waals surface area contributed by atoms with Crippen LogP contribution in [0.2, 0.25) is 5.02 Å². The third-order valence-corrected chi connectivity index (χ3v) is 7.73. The van der Waals surface area contributed by atoms with E-state index in [9.17, 15) is 41.8 Å². The van der Waals surface area contributed by atoms with Gasteiger partial charge in [0.2, 0.25) is 11.7 Å². The van der Waals surface area contributed by atoms with Crippen LogP contribution in [0.15, 0.2) is 47.4 Å². The van der Waals surface area contributed by atoms with Crippen molar-refractivity contribution in [2.75, 3.05) is 19.6 Å². The molecule has 48 heavy (non-hydrogen) atoms. The fourth-order valence-electron chi connectivity index (χ4n) is 4.90. The van der Waals surface area contributed by atoms with Gasteiger partial charge in [-0.15, -0.1) is 10.2 Å². The maximum Gasteiger partial charge on any atom is 0.416 e. The maximum atomic E-state index is 13.7. The molecular formula is C28H25ClF4N10O5. The number of nitrogens with zero attached hydrogens (tertiary/aromatic N) is 8. The number of aromatic nitrogens is 7. The number of pyridine rings is 1. The Kier molecular flexibility index (Phi) is 8.73. The highest BCUT2D eigenvalue weighted by Gasteiger charge is 2.40. The number of aliphatic hydroxyl groups is 1. The van der Waals surface area contributed by atoms with E-state index in [-0.39, 0.29) is 54.6 Å². The van der Waals surface area contributed by atoms with Crippen molar-refractivity contribution in [2.24, 2.45) is 0 Å². The van der Waals surface area contributed by atoms with Crippen LogP contribution in [-0.4, -0.2) is 106 Å². The largest absolute Gasteiger partial charge is 0.416 e. The molecule has 0 unspecified atom stereocenters. The third-order valence-electron chi connectivity index (χ3n) is 7.48. The number of amides is 3. The van der Waals surface area contributed by atoms with E-state index in [2.05, 4.69) is 30.8 Å². The van der Waals surface area contributed by atoms with Crippen molar-refractivity contribution in [1.82, 2.24) is 49.6 Å². The Morgan fingerprint density at radius 3 is 2.54 bits per heavy atom. The minimum Gasteiger partial charge on any atom is -0.382 e. The highest BCUT2D eigenvalue weighted by molar-refractivity contribution is 6.30. The van der Waals surface area contributed by atoms with E-state index in [1.165, 1.54) is 47.5 Å². The summed E-state index contributed by atoms with van der Waals surface area (Å²) in [5, 5.41) is 23.7. The number of hydrogen-bond acceptors (Lipinski definition) is 9. The fraction of sp³-hybridized carbons (Fsp3) is 0.357. The van der Waals surface area contributed by atoms with Gasteiger partial charge in [-0.2, -0.15) is 17.9 Å². The highest BCUT2D eigenvalue weighted by atomic mass is 35.5. The molecule has 15 nitrogen and oxygen atoms in total. The van der Waals surface area contributed by atoms with E-state index in [0.29, 0.717) is 9.59 Å². The SMILES string of the molecule is O=C1CN(C(=O)c2nc(Cn3nc(-c4ccc(Cl)cc4)n(C[C@H](O)C(F)(F)F)c3=O)nn2-c2ncccc2C(=O)N[C@@H]2C[C@@H]2F)CCN1. The molecule has 20 heteroatoms. The molecule has 1 aliphatic carbocycles. The summed E-state index contributed by atoms with van der Waals surface area (Å²) in [5.74, 6) is -2.97. The molecule has 1 saturated heterocycles. The average Bonchev–Trinajstić information content (AvgIpc) is 3.44. The van der Waals surface area contributed by atoms with Crippen LogP contribution in [0, 0.1) is 0 Å². The van der Waals surface area contributed by atoms with Crippen LogP contribution >= 0.6 is 11.6 Å². The van der Waals surface area contributed by atoms with Gasteiger partial charge in [-0.3, -0.25) is 19.0 Å². The molecule has 0 radical (unpaired) electrons. The van der Waals surface area contributed by atoms with Crippen molar-refractivity contribution in [3.05, 3.63) is 75.3 Å². The van der Waals surface area contributed by atoms with Gasteiger partial charge in [0.05, 0.1) is 18.2 Å². The number of halogens is 5. The lowest BCUT2D eigenvalue weighted by atomic mass is 10.2. The first-order chi connectivity index (χ1) is 22.8. The first-order valence-electron chi connectivity index (χ1n) is 14.4. The molecule has 1 saturated carbocycles. The van der Waals surface area contributed by atoms with E-state index >= 15 is 0 Å². The van der Waals surface area contributed by atoms with Gasteiger partial charge in [-0.1, -0.05) is 11.6 Å². The molecule has 3 aromatic heterocycles. The molecule has 3 N–H and O–H groups in total. The zero-order chi connectivity index (χ0) is 34.3. The molecule has 0 spiro atoms. The topological polar surface area (TPSA) is 182 Å². The molecule has 4 heterocycles. The molecule has 3 atom stereocenters. The Bertz CT molecular complexity index is 1940. The van der Waals surface area contributed by atoms with Crippen molar-refractivity contribution in [3.63, 3.8) is 0 Å². The van der Waals surface area contributed by atoms with E-state index in [0.717, 1.165) is 9.36 Å². The Morgan fingerprint density at radius 1 is 1.15 bits per heavy atom. The molecular weight excluding hydrogens is 668 g/mol. The van der Waals surface area contributed by atoms with Gasteiger partial charge < -0.3 is 20.6 Å². The number of hydrogen-bond donors (Lipinski definition) is 3. The van der Waals surface area contributed by atoms with Crippen molar-refractivity contribution in [3.8, 4) is 17.2 Å². The predicted octanol–water partition coefficient (Wildman–Crippen LogP) is 0.725. The highest BCUT2D eigenvalue weighted by Crippen LogP contribution is 2.27. The number of rotatable bonds is 9. The number of piperazine rings is 1. The van der Waals surface area contributed by atoms with Gasteiger partial charge >= 0.3 is 11.9 Å². The molecule has 3 amide bonds. The summed E-state index contributed by atoms with van der Waals surface area (Å²) in [6, 6.07) is 7.82. The van der Waals surface area contributed by atoms with Gasteiger partial charge in [0.25, 0.3) is 11.8 Å². The molecule has 6 rings (SSSR count). The zero-order valence-electron chi connectivity index (χ0n) is 24.6. The second kappa shape index (κ2) is 12.8. The van der Waals surface area contributed by atoms with Crippen molar-refractivity contribution < 1.29 is 37.1 Å². The first kappa shape index (κ1) is 32.8. The van der Waals surface area contributed by atoms with Crippen LogP contribution in [0.4, 0.5) is 17.6 Å². The van der Waals surface area contributed by atoms with Crippen molar-refractivity contribution in [2.45, 2.75) is 44.0 Å². The standard InChI is InChI=1S/C28H25ClF4N10O5/c29-15-5-3-14(4-6-15)22-39-42(27(48)41(22)11-19(44)28(31,32)33)12-20-37-24(26(47)40-9-8-34-21(45)13-40)43(38-20)23-16(2-1-7-35-23)25(46)36-18-10-17(18)30/h1-7,17-19,44H,8-13H2,(H,34,45)(H,36,46)/t17-,18+,19-/m0/s1. The Morgan fingerprint density at radius 2 is 1.88 bits per heavy atom. The van der Waals surface area contributed by atoms with E-state index < -0.39 is 66.8 Å². The summed E-state index contributed by atoms with van der Waals surface area (Å²) in [4.78, 5) is 61.9. The summed E-state index contributed by atoms with van der Waals surface area (Å²) in [6.45, 7) is -1.82. The molecule has 4 aromatic rings. The van der Waals surface area contributed by atoms with Crippen LogP contribution in [0.25, 0.3) is 17.2 Å². The Balaban J connectivity index is 1.42. The lowest BCUT2D eigenvalue weighted by Crippen LogP contribution is -2.50. The predicted molar refractivity (Wildman–Crippen MR) is 157 cm³/mol. The number of carbonyl (C=O) groups is 3. The van der Waals surface area contributed by atoms with E-state index in [4.69, 9.17) is 11.6 Å². The fourth-order valence-corrected chi connectivity index (χ4v) is 5.02. The molecule has 1 aromatic carbocycles. The average molecular weight is 693 g/mol. The molecule has 1 aliphatic heterocycles. The van der Waals surface area contributed by atoms with Crippen LogP contribution in [0.1, 0.15) is 33.2 Å². The zero-order valence-corrected chi connectivity index (χ0v) is 25.3. The Hall–Kier alpha value is -5.17. The van der Waals surface area contributed by atoms with Crippen LogP contribution in [0.5, 0.6) is 0 Å². The maximum absolute atomic E-state index is 13.7. The van der Waals surface area contributed by atoms with Gasteiger partial charge in [0.1, 0.15) is 19.3 Å². The minimum absolute atomic E-state index is 0.0916. The van der Waals surface area contributed by atoms with E-state index in [1.54, 1.807) is 0 Å². The van der Waals surface area contributed by atoms with Crippen LogP contribution in [0.3, 0.4) is 0 Å². The smallest absolute Gasteiger partial charge is 0.382 e. The number of alkyl halides is 4. The van der Waals surface area contributed by atoms with Crippen molar-refractivity contribution in [1.29, 1.82) is 0 Å². The lowest BCUT2D eigenvalue weighted by Gasteiger charge is -2.26. The lowest BCUT2D eigenvalue weighted by molar-refractivity contribution is -0.207. The van der Waals surface area contributed by atoms with Gasteiger partial charge in [0.15, 0.2) is 23.6 Å². The molecule has 2 fully saturated rings. The summed E-state index contributed by atoms with van der Waals surface area (Å²) < 4.78 is 55.8. The monoisotopic (exact) mass is 692 g/mol. The second-order valence-corrected chi connectivity index (χ2v) is 11.4. The normalized spacial score (nSPS) is 18.4. The number of benzene rings is 1. The number of aliphatic hydroxyl groups excluding tert-OH is 1. The van der Waals surface area contributed by atoms with Gasteiger partial charge in [-0.05, 0) is 36.4 Å². The second-order valence-electron chi connectivity index (χ2n) is 11.0. The quantitative estimate of drug-likeness (QED) is 0.213. The van der Waals surface area contributed by atoms with Gasteiger partial charge in [-0.25, -0.2) is 23.8 Å². The summed E-state index contributed by atoms with van der Waals surface area (Å²) >= 11 is 5.95. The van der Waals surface area contributed by atoms with E-state index in [1.807, 2.05) is 0 Å². The van der Waals surface area contributed by atoms with Gasteiger partial charge in [0, 0.05) is 36.3 Å².